The van der Waals surface area contributed by atoms with Gasteiger partial charge in [-0.05, 0) is 14.1 Å². The van der Waals surface area contributed by atoms with E-state index in [4.69, 9.17) is 4.74 Å². The van der Waals surface area contributed by atoms with Crippen LogP contribution in [0, 0.1) is 5.92 Å². The minimum absolute atomic E-state index is 0.810. The van der Waals surface area contributed by atoms with E-state index in [9.17, 15) is 0 Å². The fraction of sp³-hybridized carbons (Fsp3) is 1.00. The zero-order chi connectivity index (χ0) is 7.98. The van der Waals surface area contributed by atoms with E-state index in [1.165, 1.54) is 6.54 Å². The second kappa shape index (κ2) is 5.69. The third kappa shape index (κ3) is 3.85. The van der Waals surface area contributed by atoms with Gasteiger partial charge in [-0.25, -0.2) is 0 Å². The minimum Gasteiger partial charge on any atom is -0.381 e. The SMILES string of the molecule is CC.CN(C)CC1COC1. The normalized spacial score (nSPS) is 17.7. The Morgan fingerprint density at radius 3 is 1.90 bits per heavy atom. The van der Waals surface area contributed by atoms with Gasteiger partial charge < -0.3 is 9.64 Å². The molecule has 1 rings (SSSR count). The molecular formula is C8H19NO. The van der Waals surface area contributed by atoms with E-state index in [0.29, 0.717) is 0 Å². The maximum absolute atomic E-state index is 5.01. The zero-order valence-electron chi connectivity index (χ0n) is 7.55. The van der Waals surface area contributed by atoms with Crippen LogP contribution in [0.1, 0.15) is 13.8 Å². The molecule has 0 aliphatic carbocycles. The van der Waals surface area contributed by atoms with Crippen molar-refractivity contribution in [2.24, 2.45) is 5.92 Å². The van der Waals surface area contributed by atoms with Gasteiger partial charge in [0.2, 0.25) is 0 Å². The number of ether oxygens (including phenoxy) is 1. The Hall–Kier alpha value is -0.0800. The molecule has 1 heterocycles. The van der Waals surface area contributed by atoms with Crippen molar-refractivity contribution < 1.29 is 4.74 Å². The third-order valence-electron chi connectivity index (χ3n) is 1.33. The highest BCUT2D eigenvalue weighted by Crippen LogP contribution is 2.09. The van der Waals surface area contributed by atoms with E-state index < -0.39 is 0 Å². The lowest BCUT2D eigenvalue weighted by atomic mass is 10.1. The molecule has 1 fully saturated rings. The molecule has 0 saturated carbocycles. The van der Waals surface area contributed by atoms with Crippen LogP contribution in [0.2, 0.25) is 0 Å². The lowest BCUT2D eigenvalue weighted by molar-refractivity contribution is -0.0412. The first kappa shape index (κ1) is 9.92. The minimum atomic E-state index is 0.810. The van der Waals surface area contributed by atoms with Gasteiger partial charge in [0, 0.05) is 12.5 Å². The van der Waals surface area contributed by atoms with Gasteiger partial charge >= 0.3 is 0 Å². The van der Waals surface area contributed by atoms with Crippen LogP contribution in [-0.4, -0.2) is 38.8 Å². The molecule has 0 unspecified atom stereocenters. The van der Waals surface area contributed by atoms with E-state index >= 15 is 0 Å². The van der Waals surface area contributed by atoms with Gasteiger partial charge in [-0.1, -0.05) is 13.8 Å². The molecule has 0 N–H and O–H groups in total. The molecule has 0 spiro atoms. The maximum atomic E-state index is 5.01. The Morgan fingerprint density at radius 2 is 1.80 bits per heavy atom. The monoisotopic (exact) mass is 145 g/mol. The predicted molar refractivity (Wildman–Crippen MR) is 44.2 cm³/mol. The summed E-state index contributed by atoms with van der Waals surface area (Å²) in [4.78, 5) is 2.20. The van der Waals surface area contributed by atoms with Gasteiger partial charge in [0.05, 0.1) is 13.2 Å². The van der Waals surface area contributed by atoms with Gasteiger partial charge in [0.1, 0.15) is 0 Å². The number of hydrogen-bond donors (Lipinski definition) is 0. The van der Waals surface area contributed by atoms with Gasteiger partial charge in [0.25, 0.3) is 0 Å². The summed E-state index contributed by atoms with van der Waals surface area (Å²) in [6, 6.07) is 0. The molecule has 1 aliphatic heterocycles. The summed E-state index contributed by atoms with van der Waals surface area (Å²) in [7, 11) is 4.19. The molecule has 0 amide bonds. The standard InChI is InChI=1S/C6H13NO.C2H6/c1-7(2)3-6-4-8-5-6;1-2/h6H,3-5H2,1-2H3;1-2H3. The number of rotatable bonds is 2. The largest absolute Gasteiger partial charge is 0.381 e. The van der Waals surface area contributed by atoms with E-state index in [2.05, 4.69) is 19.0 Å². The number of nitrogens with zero attached hydrogens (tertiary/aromatic N) is 1. The highest BCUT2D eigenvalue weighted by Gasteiger charge is 2.17. The van der Waals surface area contributed by atoms with Crippen LogP contribution in [0.25, 0.3) is 0 Å². The molecule has 0 aromatic heterocycles. The van der Waals surface area contributed by atoms with Crippen molar-refractivity contribution in [3.05, 3.63) is 0 Å². The summed E-state index contributed by atoms with van der Waals surface area (Å²) in [6.07, 6.45) is 0. The smallest absolute Gasteiger partial charge is 0.0528 e. The summed E-state index contributed by atoms with van der Waals surface area (Å²) in [6.45, 7) is 7.12. The van der Waals surface area contributed by atoms with Gasteiger partial charge in [-0.15, -0.1) is 0 Å². The topological polar surface area (TPSA) is 12.5 Å². The van der Waals surface area contributed by atoms with Crippen molar-refractivity contribution in [2.45, 2.75) is 13.8 Å². The Balaban J connectivity index is 0.000000371. The predicted octanol–water partition coefficient (Wildman–Crippen LogP) is 1.22. The lowest BCUT2D eigenvalue weighted by Gasteiger charge is -2.28. The van der Waals surface area contributed by atoms with Crippen molar-refractivity contribution in [3.8, 4) is 0 Å². The van der Waals surface area contributed by atoms with Crippen LogP contribution >= 0.6 is 0 Å². The van der Waals surface area contributed by atoms with Crippen LogP contribution < -0.4 is 0 Å². The fourth-order valence-electron chi connectivity index (χ4n) is 0.906. The van der Waals surface area contributed by atoms with Crippen LogP contribution in [0.3, 0.4) is 0 Å². The molecule has 2 heteroatoms. The van der Waals surface area contributed by atoms with E-state index in [1.54, 1.807) is 0 Å². The molecular weight excluding hydrogens is 126 g/mol. The molecule has 0 atom stereocenters. The zero-order valence-corrected chi connectivity index (χ0v) is 7.55. The molecule has 0 aromatic carbocycles. The summed E-state index contributed by atoms with van der Waals surface area (Å²) < 4.78 is 5.01. The molecule has 62 valence electrons. The first-order valence-electron chi connectivity index (χ1n) is 4.01. The summed E-state index contributed by atoms with van der Waals surface area (Å²) in [5.74, 6) is 0.810. The first-order chi connectivity index (χ1) is 4.79. The highest BCUT2D eigenvalue weighted by molar-refractivity contribution is 4.66. The molecule has 2 nitrogen and oxygen atoms in total. The van der Waals surface area contributed by atoms with Gasteiger partial charge in [-0.2, -0.15) is 0 Å². The van der Waals surface area contributed by atoms with Crippen LogP contribution in [0.15, 0.2) is 0 Å². The summed E-state index contributed by atoms with van der Waals surface area (Å²) in [5.41, 5.74) is 0. The first-order valence-corrected chi connectivity index (χ1v) is 4.01. The Morgan fingerprint density at radius 1 is 1.30 bits per heavy atom. The van der Waals surface area contributed by atoms with Crippen molar-refractivity contribution in [2.75, 3.05) is 33.9 Å². The second-order valence-corrected chi connectivity index (χ2v) is 2.67. The van der Waals surface area contributed by atoms with Crippen molar-refractivity contribution >= 4 is 0 Å². The van der Waals surface area contributed by atoms with Crippen molar-refractivity contribution in [1.82, 2.24) is 4.90 Å². The van der Waals surface area contributed by atoms with Crippen LogP contribution in [-0.2, 0) is 4.74 Å². The Kier molecular flexibility index (Phi) is 5.64. The average Bonchev–Trinajstić information content (AvgIpc) is 1.84. The molecule has 10 heavy (non-hydrogen) atoms. The van der Waals surface area contributed by atoms with Gasteiger partial charge in [-0.3, -0.25) is 0 Å². The molecule has 0 aromatic rings. The van der Waals surface area contributed by atoms with E-state index in [0.717, 1.165) is 19.1 Å². The number of hydrogen-bond acceptors (Lipinski definition) is 2. The van der Waals surface area contributed by atoms with Crippen molar-refractivity contribution in [3.63, 3.8) is 0 Å². The van der Waals surface area contributed by atoms with Crippen molar-refractivity contribution in [1.29, 1.82) is 0 Å². The third-order valence-corrected chi connectivity index (χ3v) is 1.33. The molecule has 0 bridgehead atoms. The molecule has 1 saturated heterocycles. The van der Waals surface area contributed by atoms with Crippen LogP contribution in [0.4, 0.5) is 0 Å². The van der Waals surface area contributed by atoms with E-state index in [1.807, 2.05) is 13.8 Å². The quantitative estimate of drug-likeness (QED) is 0.579. The highest BCUT2D eigenvalue weighted by atomic mass is 16.5. The Labute approximate surface area is 64.2 Å². The fourth-order valence-corrected chi connectivity index (χ4v) is 0.906. The molecule has 0 radical (unpaired) electrons. The summed E-state index contributed by atoms with van der Waals surface area (Å²) in [5, 5.41) is 0. The van der Waals surface area contributed by atoms with E-state index in [-0.39, 0.29) is 0 Å². The Bertz CT molecular complexity index is 69.7. The average molecular weight is 145 g/mol. The molecule has 1 aliphatic rings. The van der Waals surface area contributed by atoms with Gasteiger partial charge in [0.15, 0.2) is 0 Å². The summed E-state index contributed by atoms with van der Waals surface area (Å²) >= 11 is 0. The maximum Gasteiger partial charge on any atom is 0.0528 e. The van der Waals surface area contributed by atoms with Crippen LogP contribution in [0.5, 0.6) is 0 Å². The second-order valence-electron chi connectivity index (χ2n) is 2.67. The lowest BCUT2D eigenvalue weighted by Crippen LogP contribution is -2.36.